The van der Waals surface area contributed by atoms with Gasteiger partial charge in [-0.1, -0.05) is 28.1 Å². The highest BCUT2D eigenvalue weighted by atomic mass is 79.9. The van der Waals surface area contributed by atoms with E-state index in [1.165, 1.54) is 39.5 Å². The van der Waals surface area contributed by atoms with Crippen LogP contribution in [-0.2, 0) is 22.4 Å². The average molecular weight is 477 g/mol. The lowest BCUT2D eigenvalue weighted by molar-refractivity contribution is -0.119. The van der Waals surface area contributed by atoms with Gasteiger partial charge in [-0.25, -0.2) is 9.78 Å². The van der Waals surface area contributed by atoms with E-state index in [-0.39, 0.29) is 6.61 Å². The zero-order valence-corrected chi connectivity index (χ0v) is 18.1. The summed E-state index contributed by atoms with van der Waals surface area (Å²) >= 11 is 6.22. The van der Waals surface area contributed by atoms with Gasteiger partial charge in [0.25, 0.3) is 5.91 Å². The minimum Gasteiger partial charge on any atom is -0.451 e. The summed E-state index contributed by atoms with van der Waals surface area (Å²) in [6, 6.07) is 9.69. The van der Waals surface area contributed by atoms with Crippen LogP contribution in [0.15, 0.2) is 40.2 Å². The minimum absolute atomic E-state index is 0.325. The van der Waals surface area contributed by atoms with E-state index in [1.54, 1.807) is 0 Å². The van der Waals surface area contributed by atoms with Gasteiger partial charge in [-0.15, -0.1) is 22.7 Å². The number of esters is 1. The van der Waals surface area contributed by atoms with Crippen LogP contribution in [-0.4, -0.2) is 23.5 Å². The Balaban J connectivity index is 1.31. The third-order valence-electron chi connectivity index (χ3n) is 4.42. The largest absolute Gasteiger partial charge is 0.451 e. The van der Waals surface area contributed by atoms with Crippen molar-refractivity contribution in [2.75, 3.05) is 11.9 Å². The topological polar surface area (TPSA) is 68.3 Å². The zero-order chi connectivity index (χ0) is 19.5. The zero-order valence-electron chi connectivity index (χ0n) is 14.9. The van der Waals surface area contributed by atoms with Crippen molar-refractivity contribution in [2.45, 2.75) is 25.7 Å². The highest BCUT2D eigenvalue weighted by Gasteiger charge is 2.19. The van der Waals surface area contributed by atoms with Gasteiger partial charge >= 0.3 is 5.97 Å². The lowest BCUT2D eigenvalue weighted by Crippen LogP contribution is -2.20. The maximum atomic E-state index is 12.2. The fraction of sp³-hybridized carbons (Fsp3) is 0.250. The number of ether oxygens (including phenoxy) is 1. The van der Waals surface area contributed by atoms with E-state index in [1.807, 2.05) is 35.7 Å². The van der Waals surface area contributed by atoms with Crippen molar-refractivity contribution in [2.24, 2.45) is 0 Å². The number of halogens is 1. The number of thiazole rings is 1. The van der Waals surface area contributed by atoms with Crippen LogP contribution in [0.2, 0.25) is 0 Å². The third-order valence-corrected chi connectivity index (χ3v) is 6.93. The van der Waals surface area contributed by atoms with Gasteiger partial charge in [0.2, 0.25) is 0 Å². The monoisotopic (exact) mass is 476 g/mol. The first-order valence-corrected chi connectivity index (χ1v) is 11.4. The second kappa shape index (κ2) is 8.55. The number of hydrogen-bond donors (Lipinski definition) is 1. The molecule has 0 bridgehead atoms. The van der Waals surface area contributed by atoms with Gasteiger partial charge in [0.05, 0.1) is 5.69 Å². The number of fused-ring (bicyclic) bond motifs is 1. The summed E-state index contributed by atoms with van der Waals surface area (Å²) in [5.41, 5.74) is 3.00. The Kier molecular flexibility index (Phi) is 5.89. The van der Waals surface area contributed by atoms with Crippen molar-refractivity contribution in [1.82, 2.24) is 4.98 Å². The normalized spacial score (nSPS) is 13.0. The first kappa shape index (κ1) is 19.3. The molecule has 1 aliphatic carbocycles. The number of benzene rings is 1. The molecule has 0 radical (unpaired) electrons. The number of thiophene rings is 1. The second-order valence-electron chi connectivity index (χ2n) is 6.44. The fourth-order valence-electron chi connectivity index (χ4n) is 3.03. The van der Waals surface area contributed by atoms with Crippen LogP contribution in [0, 0.1) is 0 Å². The Hall–Kier alpha value is -2.03. The third kappa shape index (κ3) is 4.51. The predicted octanol–water partition coefficient (Wildman–Crippen LogP) is 5.31. The van der Waals surface area contributed by atoms with E-state index in [0.717, 1.165) is 35.0 Å². The summed E-state index contributed by atoms with van der Waals surface area (Å²) in [6.07, 6.45) is 4.38. The Morgan fingerprint density at radius 3 is 2.75 bits per heavy atom. The number of carbonyl (C=O) groups is 2. The van der Waals surface area contributed by atoms with Crippen molar-refractivity contribution >= 4 is 55.6 Å². The molecular formula is C20H17BrN2O3S2. The number of nitrogens with one attached hydrogen (secondary N) is 1. The molecule has 8 heteroatoms. The number of carbonyl (C=O) groups excluding carboxylic acids is 2. The van der Waals surface area contributed by atoms with Crippen molar-refractivity contribution in [3.8, 4) is 11.3 Å². The maximum Gasteiger partial charge on any atom is 0.348 e. The molecule has 1 amide bonds. The summed E-state index contributed by atoms with van der Waals surface area (Å²) in [5.74, 6) is -0.837. The van der Waals surface area contributed by atoms with Gasteiger partial charge in [-0.3, -0.25) is 10.1 Å². The molecule has 2 heterocycles. The summed E-state index contributed by atoms with van der Waals surface area (Å²) in [4.78, 5) is 30.6. The summed E-state index contributed by atoms with van der Waals surface area (Å²) < 4.78 is 6.17. The summed E-state index contributed by atoms with van der Waals surface area (Å²) in [6.45, 7) is -0.325. The van der Waals surface area contributed by atoms with Crippen LogP contribution in [0.4, 0.5) is 5.13 Å². The molecule has 5 nitrogen and oxygen atoms in total. The molecule has 0 saturated heterocycles. The van der Waals surface area contributed by atoms with Crippen LogP contribution in [0.25, 0.3) is 11.3 Å². The van der Waals surface area contributed by atoms with Crippen molar-refractivity contribution in [3.63, 3.8) is 0 Å². The lowest BCUT2D eigenvalue weighted by Gasteiger charge is -2.08. The molecule has 4 rings (SSSR count). The predicted molar refractivity (Wildman–Crippen MR) is 115 cm³/mol. The van der Waals surface area contributed by atoms with Crippen LogP contribution in [0.1, 0.15) is 33.0 Å². The molecule has 0 aliphatic heterocycles. The standard InChI is InChI=1S/C20H17BrN2O3S2/c21-14-7-5-12(6-8-14)15-11-27-20(22-15)23-18(24)10-26-19(25)17-9-13-3-1-2-4-16(13)28-17/h5-9,11H,1-4,10H2,(H,22,23,24). The average Bonchev–Trinajstić information content (AvgIpc) is 3.33. The van der Waals surface area contributed by atoms with E-state index >= 15 is 0 Å². The molecule has 0 fully saturated rings. The Bertz CT molecular complexity index is 987. The lowest BCUT2D eigenvalue weighted by atomic mass is 9.99. The number of anilines is 1. The molecule has 3 aromatic rings. The fourth-order valence-corrected chi connectivity index (χ4v) is 5.18. The molecule has 144 valence electrons. The maximum absolute atomic E-state index is 12.2. The van der Waals surface area contributed by atoms with Gasteiger partial charge in [0.1, 0.15) is 4.88 Å². The molecule has 0 unspecified atom stereocenters. The smallest absolute Gasteiger partial charge is 0.348 e. The van der Waals surface area contributed by atoms with Gasteiger partial charge in [0.15, 0.2) is 11.7 Å². The number of hydrogen-bond acceptors (Lipinski definition) is 6. The van der Waals surface area contributed by atoms with Crippen molar-refractivity contribution in [1.29, 1.82) is 0 Å². The highest BCUT2D eigenvalue weighted by Crippen LogP contribution is 2.30. The van der Waals surface area contributed by atoms with E-state index < -0.39 is 11.9 Å². The minimum atomic E-state index is -0.441. The van der Waals surface area contributed by atoms with E-state index in [0.29, 0.717) is 10.0 Å². The number of rotatable bonds is 5. The van der Waals surface area contributed by atoms with Crippen LogP contribution in [0.3, 0.4) is 0 Å². The molecule has 0 atom stereocenters. The Labute approximate surface area is 178 Å². The molecule has 1 aromatic carbocycles. The van der Waals surface area contributed by atoms with E-state index in [2.05, 4.69) is 26.2 Å². The molecule has 0 saturated carbocycles. The van der Waals surface area contributed by atoms with E-state index in [9.17, 15) is 9.59 Å². The molecule has 1 aliphatic rings. The Morgan fingerprint density at radius 2 is 1.96 bits per heavy atom. The SMILES string of the molecule is O=C(COC(=O)c1cc2c(s1)CCCC2)Nc1nc(-c2ccc(Br)cc2)cs1. The molecular weight excluding hydrogens is 460 g/mol. The number of amides is 1. The first-order valence-electron chi connectivity index (χ1n) is 8.88. The van der Waals surface area contributed by atoms with Gasteiger partial charge in [0, 0.05) is 20.3 Å². The van der Waals surface area contributed by atoms with Gasteiger partial charge in [-0.05, 0) is 49.4 Å². The van der Waals surface area contributed by atoms with Crippen LogP contribution >= 0.6 is 38.6 Å². The number of nitrogens with zero attached hydrogens (tertiary/aromatic N) is 1. The first-order chi connectivity index (χ1) is 13.6. The van der Waals surface area contributed by atoms with Gasteiger partial charge < -0.3 is 4.74 Å². The van der Waals surface area contributed by atoms with Crippen molar-refractivity contribution in [3.05, 3.63) is 55.5 Å². The quantitative estimate of drug-likeness (QED) is 0.506. The number of aromatic nitrogens is 1. The Morgan fingerprint density at radius 1 is 1.18 bits per heavy atom. The number of aryl methyl sites for hydroxylation is 2. The summed E-state index contributed by atoms with van der Waals surface area (Å²) in [5, 5.41) is 5.04. The second-order valence-corrected chi connectivity index (χ2v) is 9.35. The van der Waals surface area contributed by atoms with Crippen LogP contribution < -0.4 is 5.32 Å². The van der Waals surface area contributed by atoms with Crippen molar-refractivity contribution < 1.29 is 14.3 Å². The molecule has 2 aromatic heterocycles. The van der Waals surface area contributed by atoms with Crippen LogP contribution in [0.5, 0.6) is 0 Å². The molecule has 1 N–H and O–H groups in total. The highest BCUT2D eigenvalue weighted by molar-refractivity contribution is 9.10. The molecule has 0 spiro atoms. The van der Waals surface area contributed by atoms with Gasteiger partial charge in [-0.2, -0.15) is 0 Å². The summed E-state index contributed by atoms with van der Waals surface area (Å²) in [7, 11) is 0. The van der Waals surface area contributed by atoms with E-state index in [4.69, 9.17) is 4.74 Å². The molecule has 28 heavy (non-hydrogen) atoms.